The lowest BCUT2D eigenvalue weighted by atomic mass is 9.99. The smallest absolute Gasteiger partial charge is 0.142 e. The molecule has 19 heavy (non-hydrogen) atoms. The molecule has 0 amide bonds. The number of hydrogen-bond acceptors (Lipinski definition) is 3. The van der Waals surface area contributed by atoms with Crippen molar-refractivity contribution in [1.29, 1.82) is 0 Å². The highest BCUT2D eigenvalue weighted by Gasteiger charge is 2.15. The first-order valence-corrected chi connectivity index (χ1v) is 6.08. The third-order valence-electron chi connectivity index (χ3n) is 3.77. The van der Waals surface area contributed by atoms with Crippen LogP contribution in [0.3, 0.4) is 0 Å². The maximum atomic E-state index is 5.66. The highest BCUT2D eigenvalue weighted by molar-refractivity contribution is 6.29. The Kier molecular flexibility index (Phi) is 1.47. The van der Waals surface area contributed by atoms with E-state index in [0.29, 0.717) is 0 Å². The molecule has 3 aromatic heterocycles. The van der Waals surface area contributed by atoms with Gasteiger partial charge in [0, 0.05) is 32.3 Å². The number of benzene rings is 2. The third-order valence-corrected chi connectivity index (χ3v) is 3.77. The van der Waals surface area contributed by atoms with Crippen molar-refractivity contribution >= 4 is 43.5 Å². The minimum atomic E-state index is 0.876. The lowest BCUT2D eigenvalue weighted by Gasteiger charge is -2.02. The lowest BCUT2D eigenvalue weighted by Crippen LogP contribution is -1.77. The molecule has 3 nitrogen and oxygen atoms in total. The molecule has 90 valence electrons. The Bertz CT molecular complexity index is 1060. The minimum Gasteiger partial charge on any atom is -0.471 e. The van der Waals surface area contributed by atoms with E-state index in [0.717, 1.165) is 43.5 Å². The molecule has 0 saturated carbocycles. The van der Waals surface area contributed by atoms with Crippen molar-refractivity contribution in [1.82, 2.24) is 0 Å². The Morgan fingerprint density at radius 3 is 2.47 bits per heavy atom. The molecule has 5 aromatic rings. The molecule has 0 fully saturated rings. The fourth-order valence-electron chi connectivity index (χ4n) is 2.95. The Morgan fingerprint density at radius 2 is 1.47 bits per heavy atom. The Morgan fingerprint density at radius 1 is 0.632 bits per heavy atom. The maximum Gasteiger partial charge on any atom is 0.142 e. The van der Waals surface area contributed by atoms with Gasteiger partial charge in [-0.1, -0.05) is 0 Å². The molecule has 0 radical (unpaired) electrons. The Hall–Kier alpha value is -2.68. The molecule has 0 aliphatic heterocycles. The predicted molar refractivity (Wildman–Crippen MR) is 73.3 cm³/mol. The molecule has 0 N–H and O–H groups in total. The van der Waals surface area contributed by atoms with Crippen LogP contribution in [0, 0.1) is 0 Å². The van der Waals surface area contributed by atoms with Gasteiger partial charge in [0.2, 0.25) is 0 Å². The quantitative estimate of drug-likeness (QED) is 0.383. The second-order valence-electron chi connectivity index (χ2n) is 4.68. The molecule has 3 heterocycles. The summed E-state index contributed by atoms with van der Waals surface area (Å²) in [7, 11) is 0. The van der Waals surface area contributed by atoms with E-state index in [9.17, 15) is 0 Å². The maximum absolute atomic E-state index is 5.66. The monoisotopic (exact) mass is 248 g/mol. The minimum absolute atomic E-state index is 0.876. The summed E-state index contributed by atoms with van der Waals surface area (Å²) in [6.45, 7) is 0. The zero-order valence-corrected chi connectivity index (χ0v) is 9.84. The van der Waals surface area contributed by atoms with Crippen LogP contribution >= 0.6 is 0 Å². The normalized spacial score (nSPS) is 12.2. The lowest BCUT2D eigenvalue weighted by molar-refractivity contribution is 0.573. The fourth-order valence-corrected chi connectivity index (χ4v) is 2.95. The van der Waals surface area contributed by atoms with Crippen molar-refractivity contribution in [3.8, 4) is 0 Å². The molecule has 2 aromatic carbocycles. The van der Waals surface area contributed by atoms with Crippen LogP contribution in [-0.2, 0) is 0 Å². The van der Waals surface area contributed by atoms with Crippen LogP contribution in [0.5, 0.6) is 0 Å². The van der Waals surface area contributed by atoms with Crippen LogP contribution in [-0.4, -0.2) is 0 Å². The van der Waals surface area contributed by atoms with E-state index >= 15 is 0 Å². The first kappa shape index (κ1) is 9.28. The molecular formula is C16H8O3. The Balaban J connectivity index is 2.30. The van der Waals surface area contributed by atoms with Crippen molar-refractivity contribution in [2.45, 2.75) is 0 Å². The van der Waals surface area contributed by atoms with Gasteiger partial charge in [0.05, 0.1) is 25.1 Å². The van der Waals surface area contributed by atoms with Gasteiger partial charge in [-0.2, -0.15) is 0 Å². The molecule has 0 bridgehead atoms. The molecule has 0 aliphatic carbocycles. The van der Waals surface area contributed by atoms with E-state index in [4.69, 9.17) is 13.3 Å². The van der Waals surface area contributed by atoms with E-state index in [1.807, 2.05) is 24.3 Å². The molecule has 0 atom stereocenters. The molecular weight excluding hydrogens is 240 g/mol. The van der Waals surface area contributed by atoms with Gasteiger partial charge < -0.3 is 13.3 Å². The van der Waals surface area contributed by atoms with Crippen molar-refractivity contribution in [2.75, 3.05) is 0 Å². The van der Waals surface area contributed by atoms with Gasteiger partial charge in [0.1, 0.15) is 11.2 Å². The summed E-state index contributed by atoms with van der Waals surface area (Å²) < 4.78 is 16.5. The van der Waals surface area contributed by atoms with Crippen LogP contribution in [0.2, 0.25) is 0 Å². The summed E-state index contributed by atoms with van der Waals surface area (Å²) in [6, 6.07) is 7.98. The molecule has 5 rings (SSSR count). The number of rotatable bonds is 0. The van der Waals surface area contributed by atoms with E-state index in [1.165, 1.54) is 0 Å². The van der Waals surface area contributed by atoms with Gasteiger partial charge in [-0.25, -0.2) is 0 Å². The van der Waals surface area contributed by atoms with Crippen LogP contribution in [0.25, 0.3) is 43.5 Å². The largest absolute Gasteiger partial charge is 0.471 e. The standard InChI is InChI=1S/C16H8O3/c1-2-14-10(4-5-18-14)15-11(1)16-9(3-6-19-16)12-7-17-8-13(12)15/h1-8H. The van der Waals surface area contributed by atoms with Gasteiger partial charge in [-0.15, -0.1) is 0 Å². The summed E-state index contributed by atoms with van der Waals surface area (Å²) in [5, 5.41) is 6.54. The molecule has 3 heteroatoms. The van der Waals surface area contributed by atoms with E-state index in [2.05, 4.69) is 0 Å². The van der Waals surface area contributed by atoms with Crippen molar-refractivity contribution in [3.05, 3.63) is 49.3 Å². The average molecular weight is 248 g/mol. The predicted octanol–water partition coefficient (Wildman–Crippen LogP) is 5.08. The van der Waals surface area contributed by atoms with Crippen molar-refractivity contribution < 1.29 is 13.3 Å². The van der Waals surface area contributed by atoms with Gasteiger partial charge in [-0.3, -0.25) is 0 Å². The second-order valence-corrected chi connectivity index (χ2v) is 4.68. The fraction of sp³-hybridized carbons (Fsp3) is 0. The van der Waals surface area contributed by atoms with Gasteiger partial charge in [0.15, 0.2) is 0 Å². The summed E-state index contributed by atoms with van der Waals surface area (Å²) >= 11 is 0. The van der Waals surface area contributed by atoms with Crippen LogP contribution < -0.4 is 0 Å². The van der Waals surface area contributed by atoms with Crippen LogP contribution in [0.15, 0.2) is 62.6 Å². The van der Waals surface area contributed by atoms with Crippen LogP contribution in [0.4, 0.5) is 0 Å². The molecule has 0 aliphatic rings. The summed E-state index contributed by atoms with van der Waals surface area (Å²) in [5.41, 5.74) is 1.77. The average Bonchev–Trinajstić information content (AvgIpc) is 3.17. The SMILES string of the molecule is c1cc2c(ccc3c4occc4c4cocc4c23)o1. The number of hydrogen-bond donors (Lipinski definition) is 0. The first-order chi connectivity index (χ1) is 9.43. The zero-order valence-electron chi connectivity index (χ0n) is 9.84. The highest BCUT2D eigenvalue weighted by Crippen LogP contribution is 2.39. The van der Waals surface area contributed by atoms with Gasteiger partial charge in [0.25, 0.3) is 0 Å². The van der Waals surface area contributed by atoms with Gasteiger partial charge in [-0.05, 0) is 24.3 Å². The number of furan rings is 3. The highest BCUT2D eigenvalue weighted by atomic mass is 16.3. The van der Waals surface area contributed by atoms with Crippen LogP contribution in [0.1, 0.15) is 0 Å². The topological polar surface area (TPSA) is 39.4 Å². The van der Waals surface area contributed by atoms with E-state index in [-0.39, 0.29) is 0 Å². The summed E-state index contributed by atoms with van der Waals surface area (Å²) in [4.78, 5) is 0. The van der Waals surface area contributed by atoms with E-state index < -0.39 is 0 Å². The first-order valence-electron chi connectivity index (χ1n) is 6.08. The number of fused-ring (bicyclic) bond motifs is 8. The summed E-state index contributed by atoms with van der Waals surface area (Å²) in [5.74, 6) is 0. The summed E-state index contributed by atoms with van der Waals surface area (Å²) in [6.07, 6.45) is 6.99. The molecule has 0 spiro atoms. The third kappa shape index (κ3) is 0.993. The molecule has 0 unspecified atom stereocenters. The van der Waals surface area contributed by atoms with Gasteiger partial charge >= 0.3 is 0 Å². The van der Waals surface area contributed by atoms with E-state index in [1.54, 1.807) is 25.1 Å². The molecule has 0 saturated heterocycles. The zero-order chi connectivity index (χ0) is 12.4. The van der Waals surface area contributed by atoms with Crippen molar-refractivity contribution in [2.24, 2.45) is 0 Å². The second kappa shape index (κ2) is 3.01. The van der Waals surface area contributed by atoms with Crippen molar-refractivity contribution in [3.63, 3.8) is 0 Å². The Labute approximate surface area is 107 Å².